The number of carbonyl (C=O) groups excluding carboxylic acids is 4. The lowest BCUT2D eigenvalue weighted by atomic mass is 9.99. The van der Waals surface area contributed by atoms with Crippen LogP contribution in [0.3, 0.4) is 0 Å². The van der Waals surface area contributed by atoms with Crippen molar-refractivity contribution in [2.75, 3.05) is 13.1 Å². The minimum Gasteiger partial charge on any atom is -0.436 e. The molecule has 2 saturated heterocycles. The second kappa shape index (κ2) is 13.0. The zero-order valence-corrected chi connectivity index (χ0v) is 25.0. The molecule has 14 heteroatoms. The SMILES string of the molecule is NC(=O)OC1CCCCC/C=C/C2CC2(C(=O)NS(=O)(=O)N2CCCCC2c2cccnc2)NC(=O)C2CCCN2C1=O. The van der Waals surface area contributed by atoms with Gasteiger partial charge in [-0.05, 0) is 69.4 Å². The molecule has 0 bridgehead atoms. The maximum Gasteiger partial charge on any atom is 0.405 e. The van der Waals surface area contributed by atoms with Gasteiger partial charge in [0.15, 0.2) is 6.10 Å². The smallest absolute Gasteiger partial charge is 0.405 e. The summed E-state index contributed by atoms with van der Waals surface area (Å²) in [7, 11) is -4.26. The highest BCUT2D eigenvalue weighted by Gasteiger charge is 2.61. The number of ether oxygens (including phenoxy) is 1. The van der Waals surface area contributed by atoms with Gasteiger partial charge in [0.25, 0.3) is 11.8 Å². The van der Waals surface area contributed by atoms with Crippen LogP contribution in [-0.4, -0.2) is 77.2 Å². The van der Waals surface area contributed by atoms with Crippen molar-refractivity contribution in [2.45, 2.75) is 94.4 Å². The van der Waals surface area contributed by atoms with Gasteiger partial charge in [-0.2, -0.15) is 12.7 Å². The average Bonchev–Trinajstić information content (AvgIpc) is 3.45. The lowest BCUT2D eigenvalue weighted by Crippen LogP contribution is -2.58. The third-order valence-electron chi connectivity index (χ3n) is 8.90. The Kier molecular flexibility index (Phi) is 9.35. The Morgan fingerprint density at radius 1 is 1.05 bits per heavy atom. The number of nitrogens with one attached hydrogen (secondary N) is 2. The van der Waals surface area contributed by atoms with Gasteiger partial charge in [0.1, 0.15) is 11.6 Å². The highest BCUT2D eigenvalue weighted by molar-refractivity contribution is 7.87. The Balaban J connectivity index is 1.37. The van der Waals surface area contributed by atoms with Crippen LogP contribution in [0.25, 0.3) is 0 Å². The maximum atomic E-state index is 13.8. The molecule has 43 heavy (non-hydrogen) atoms. The van der Waals surface area contributed by atoms with E-state index in [0.29, 0.717) is 44.9 Å². The van der Waals surface area contributed by atoms with E-state index in [1.807, 2.05) is 18.2 Å². The van der Waals surface area contributed by atoms with Crippen LogP contribution in [-0.2, 0) is 29.3 Å². The van der Waals surface area contributed by atoms with Crippen LogP contribution in [0.15, 0.2) is 36.7 Å². The molecule has 1 saturated carbocycles. The maximum absolute atomic E-state index is 13.8. The molecule has 234 valence electrons. The predicted molar refractivity (Wildman–Crippen MR) is 155 cm³/mol. The molecule has 4 heterocycles. The van der Waals surface area contributed by atoms with Gasteiger partial charge in [-0.1, -0.05) is 31.1 Å². The van der Waals surface area contributed by atoms with E-state index in [1.54, 1.807) is 18.5 Å². The van der Waals surface area contributed by atoms with Crippen molar-refractivity contribution in [3.05, 3.63) is 42.2 Å². The van der Waals surface area contributed by atoms with Gasteiger partial charge in [-0.3, -0.25) is 19.4 Å². The first-order chi connectivity index (χ1) is 20.6. The monoisotopic (exact) mass is 616 g/mol. The van der Waals surface area contributed by atoms with Crippen molar-refractivity contribution in [1.29, 1.82) is 0 Å². The number of rotatable bonds is 5. The molecule has 4 N–H and O–H groups in total. The third-order valence-corrected chi connectivity index (χ3v) is 10.4. The van der Waals surface area contributed by atoms with Crippen LogP contribution in [0.2, 0.25) is 0 Å². The van der Waals surface area contributed by atoms with Crippen LogP contribution in [0.1, 0.15) is 82.2 Å². The van der Waals surface area contributed by atoms with E-state index in [1.165, 1.54) is 9.21 Å². The van der Waals surface area contributed by atoms with Crippen LogP contribution in [0.5, 0.6) is 0 Å². The average molecular weight is 617 g/mol. The molecular weight excluding hydrogens is 576 g/mol. The van der Waals surface area contributed by atoms with E-state index in [4.69, 9.17) is 10.5 Å². The summed E-state index contributed by atoms with van der Waals surface area (Å²) in [5.74, 6) is -2.25. The van der Waals surface area contributed by atoms with Crippen molar-refractivity contribution in [2.24, 2.45) is 11.7 Å². The highest BCUT2D eigenvalue weighted by Crippen LogP contribution is 2.46. The number of nitrogens with two attached hydrogens (primary N) is 1. The number of nitrogens with zero attached hydrogens (tertiary/aromatic N) is 3. The number of amides is 4. The summed E-state index contributed by atoms with van der Waals surface area (Å²) in [6.07, 6.45) is 11.3. The van der Waals surface area contributed by atoms with E-state index in [9.17, 15) is 27.6 Å². The van der Waals surface area contributed by atoms with Crippen LogP contribution in [0.4, 0.5) is 4.79 Å². The Morgan fingerprint density at radius 2 is 1.84 bits per heavy atom. The molecule has 4 aliphatic rings. The van der Waals surface area contributed by atoms with E-state index in [-0.39, 0.29) is 19.5 Å². The van der Waals surface area contributed by atoms with E-state index in [0.717, 1.165) is 24.8 Å². The normalized spacial score (nSPS) is 31.4. The van der Waals surface area contributed by atoms with Gasteiger partial charge >= 0.3 is 16.3 Å². The Labute approximate surface area is 251 Å². The molecule has 0 spiro atoms. The molecule has 1 aromatic heterocycles. The van der Waals surface area contributed by atoms with Crippen LogP contribution >= 0.6 is 0 Å². The van der Waals surface area contributed by atoms with Crippen LogP contribution < -0.4 is 15.8 Å². The minimum atomic E-state index is -4.26. The zero-order chi connectivity index (χ0) is 30.6. The molecule has 5 unspecified atom stereocenters. The van der Waals surface area contributed by atoms with Gasteiger partial charge < -0.3 is 20.7 Å². The molecule has 13 nitrogen and oxygen atoms in total. The first-order valence-corrected chi connectivity index (χ1v) is 16.6. The fraction of sp³-hybridized carbons (Fsp3) is 0.621. The second-order valence-electron chi connectivity index (χ2n) is 11.8. The lowest BCUT2D eigenvalue weighted by Gasteiger charge is -2.35. The number of allylic oxidation sites excluding steroid dienone is 1. The summed E-state index contributed by atoms with van der Waals surface area (Å²) in [5, 5.41) is 2.83. The molecule has 3 aliphatic heterocycles. The topological polar surface area (TPSA) is 181 Å². The van der Waals surface area contributed by atoms with Crippen molar-refractivity contribution in [3.8, 4) is 0 Å². The molecule has 3 fully saturated rings. The van der Waals surface area contributed by atoms with Crippen LogP contribution in [0, 0.1) is 5.92 Å². The summed E-state index contributed by atoms with van der Waals surface area (Å²) in [5.41, 5.74) is 4.51. The number of hydrogen-bond donors (Lipinski definition) is 3. The second-order valence-corrected chi connectivity index (χ2v) is 13.4. The Hall–Kier alpha value is -3.52. The van der Waals surface area contributed by atoms with Gasteiger partial charge in [-0.15, -0.1) is 0 Å². The number of primary amides is 1. The van der Waals surface area contributed by atoms with E-state index < -0.39 is 63.7 Å². The Bertz CT molecular complexity index is 1360. The summed E-state index contributed by atoms with van der Waals surface area (Å²) in [6, 6.07) is 2.22. The third kappa shape index (κ3) is 6.85. The molecule has 0 aromatic carbocycles. The van der Waals surface area contributed by atoms with Crippen molar-refractivity contribution in [3.63, 3.8) is 0 Å². The molecule has 1 aromatic rings. The lowest BCUT2D eigenvalue weighted by molar-refractivity contribution is -0.146. The first-order valence-electron chi connectivity index (χ1n) is 15.1. The fourth-order valence-corrected chi connectivity index (χ4v) is 8.01. The number of aromatic nitrogens is 1. The largest absolute Gasteiger partial charge is 0.436 e. The standard InChI is InChI=1S/C29H40N6O7S/c30-28(39)42-24-14-5-3-1-2-4-11-21-18-29(21,32-25(36)23-13-9-16-34(23)26(24)37)27(38)33-43(40,41)35-17-7-6-12-22(35)20-10-8-15-31-19-20/h4,8,10-11,15,19,21-24H,1-3,5-7,9,12-14,16-18H2,(H2,30,39)(H,32,36)(H,33,38)/b11-4+. The summed E-state index contributed by atoms with van der Waals surface area (Å²) in [6.45, 7) is 0.537. The number of carbonyl (C=O) groups is 4. The number of pyridine rings is 1. The van der Waals surface area contributed by atoms with Gasteiger partial charge in [-0.25, -0.2) is 9.52 Å². The fourth-order valence-electron chi connectivity index (χ4n) is 6.54. The Morgan fingerprint density at radius 3 is 2.60 bits per heavy atom. The highest BCUT2D eigenvalue weighted by atomic mass is 32.2. The molecule has 1 aliphatic carbocycles. The molecule has 4 amide bonds. The van der Waals surface area contributed by atoms with E-state index in [2.05, 4.69) is 15.0 Å². The predicted octanol–water partition coefficient (Wildman–Crippen LogP) is 1.82. The zero-order valence-electron chi connectivity index (χ0n) is 24.2. The quantitative estimate of drug-likeness (QED) is 0.419. The van der Waals surface area contributed by atoms with E-state index >= 15 is 0 Å². The number of fused-ring (bicyclic) bond motifs is 2. The number of piperidine rings is 1. The molecule has 0 radical (unpaired) electrons. The van der Waals surface area contributed by atoms with Gasteiger partial charge in [0, 0.05) is 31.4 Å². The molecule has 5 rings (SSSR count). The summed E-state index contributed by atoms with van der Waals surface area (Å²) >= 11 is 0. The van der Waals surface area contributed by atoms with Gasteiger partial charge in [0.2, 0.25) is 5.91 Å². The minimum absolute atomic E-state index is 0.233. The molecule has 5 atom stereocenters. The van der Waals surface area contributed by atoms with Crippen molar-refractivity contribution < 1.29 is 32.3 Å². The summed E-state index contributed by atoms with van der Waals surface area (Å²) < 4.78 is 36.0. The van der Waals surface area contributed by atoms with Crippen molar-refractivity contribution >= 4 is 34.0 Å². The number of hydrogen-bond acceptors (Lipinski definition) is 8. The van der Waals surface area contributed by atoms with Crippen molar-refractivity contribution in [1.82, 2.24) is 24.2 Å². The molecular formula is C29H40N6O7S. The van der Waals surface area contributed by atoms with Gasteiger partial charge in [0.05, 0.1) is 6.04 Å². The first kappa shape index (κ1) is 30.9. The summed E-state index contributed by atoms with van der Waals surface area (Å²) in [4.78, 5) is 57.9.